The lowest BCUT2D eigenvalue weighted by Crippen LogP contribution is -2.15. The normalized spacial score (nSPS) is 13.8. The molecule has 92 valence electrons. The summed E-state index contributed by atoms with van der Waals surface area (Å²) in [7, 11) is 0. The first-order valence-electron chi connectivity index (χ1n) is 6.16. The Hall–Kier alpha value is -1.54. The summed E-state index contributed by atoms with van der Waals surface area (Å²) in [4.78, 5) is 6.68. The Labute approximate surface area is 112 Å². The lowest BCUT2D eigenvalue weighted by molar-refractivity contribution is 0.982. The number of halogens is 1. The number of hydrogen-bond acceptors (Lipinski definition) is 2. The third-order valence-electron chi connectivity index (χ3n) is 3.42. The Balaban J connectivity index is 2.09. The maximum atomic E-state index is 6.02. The van der Waals surface area contributed by atoms with E-state index in [9.17, 15) is 0 Å². The average molecular weight is 259 g/mol. The number of fused-ring (bicyclic) bond motifs is 1. The maximum absolute atomic E-state index is 6.02. The fourth-order valence-electron chi connectivity index (χ4n) is 2.52. The van der Waals surface area contributed by atoms with Crippen molar-refractivity contribution in [2.24, 2.45) is 0 Å². The SMILES string of the molecule is Cc1cc(N2CCc3ccccc32)c(CCl)cn1. The molecule has 1 aliphatic rings. The second-order valence-electron chi connectivity index (χ2n) is 4.62. The monoisotopic (exact) mass is 258 g/mol. The van der Waals surface area contributed by atoms with E-state index in [4.69, 9.17) is 11.6 Å². The van der Waals surface area contributed by atoms with Gasteiger partial charge in [-0.2, -0.15) is 0 Å². The van der Waals surface area contributed by atoms with Gasteiger partial charge in [0.2, 0.25) is 0 Å². The van der Waals surface area contributed by atoms with E-state index < -0.39 is 0 Å². The molecule has 3 rings (SSSR count). The molecule has 2 heterocycles. The van der Waals surface area contributed by atoms with Crippen LogP contribution in [-0.2, 0) is 12.3 Å². The van der Waals surface area contributed by atoms with Crippen LogP contribution in [0.2, 0.25) is 0 Å². The fraction of sp³-hybridized carbons (Fsp3) is 0.267. The molecular formula is C15H15ClN2. The molecule has 2 nitrogen and oxygen atoms in total. The molecule has 0 unspecified atom stereocenters. The summed E-state index contributed by atoms with van der Waals surface area (Å²) in [5.41, 5.74) is 6.03. The summed E-state index contributed by atoms with van der Waals surface area (Å²) >= 11 is 6.02. The lowest BCUT2D eigenvalue weighted by atomic mass is 10.1. The Kier molecular flexibility index (Phi) is 2.96. The first-order chi connectivity index (χ1) is 8.79. The van der Waals surface area contributed by atoms with Gasteiger partial charge in [0.15, 0.2) is 0 Å². The second-order valence-corrected chi connectivity index (χ2v) is 4.89. The number of nitrogens with zero attached hydrogens (tertiary/aromatic N) is 2. The van der Waals surface area contributed by atoms with Crippen molar-refractivity contribution in [3.63, 3.8) is 0 Å². The molecule has 0 saturated carbocycles. The number of hydrogen-bond donors (Lipinski definition) is 0. The number of para-hydroxylation sites is 1. The molecule has 1 aromatic carbocycles. The van der Waals surface area contributed by atoms with Gasteiger partial charge in [-0.05, 0) is 31.0 Å². The third kappa shape index (κ3) is 1.87. The number of benzene rings is 1. The molecule has 18 heavy (non-hydrogen) atoms. The molecule has 3 heteroatoms. The Bertz CT molecular complexity index is 580. The summed E-state index contributed by atoms with van der Waals surface area (Å²) < 4.78 is 0. The predicted molar refractivity (Wildman–Crippen MR) is 75.7 cm³/mol. The quantitative estimate of drug-likeness (QED) is 0.762. The maximum Gasteiger partial charge on any atom is 0.0510 e. The fourth-order valence-corrected chi connectivity index (χ4v) is 2.72. The van der Waals surface area contributed by atoms with Crippen molar-refractivity contribution in [3.8, 4) is 0 Å². The molecule has 0 fully saturated rings. The smallest absolute Gasteiger partial charge is 0.0510 e. The largest absolute Gasteiger partial charge is 0.341 e. The van der Waals surface area contributed by atoms with E-state index in [0.717, 1.165) is 24.2 Å². The van der Waals surface area contributed by atoms with Gasteiger partial charge in [0.25, 0.3) is 0 Å². The van der Waals surface area contributed by atoms with Crippen molar-refractivity contribution in [3.05, 3.63) is 53.3 Å². The summed E-state index contributed by atoms with van der Waals surface area (Å²) in [6, 6.07) is 10.7. The standard InChI is InChI=1S/C15H15ClN2/c1-11-8-15(13(9-16)10-17-11)18-7-6-12-4-2-3-5-14(12)18/h2-5,8,10H,6-7,9H2,1H3. The molecule has 0 aliphatic carbocycles. The summed E-state index contributed by atoms with van der Waals surface area (Å²) in [5, 5.41) is 0. The minimum Gasteiger partial charge on any atom is -0.341 e. The highest BCUT2D eigenvalue weighted by atomic mass is 35.5. The van der Waals surface area contributed by atoms with E-state index in [-0.39, 0.29) is 0 Å². The number of aryl methyl sites for hydroxylation is 1. The van der Waals surface area contributed by atoms with Crippen molar-refractivity contribution in [1.29, 1.82) is 0 Å². The molecule has 0 atom stereocenters. The van der Waals surface area contributed by atoms with Gasteiger partial charge < -0.3 is 4.90 Å². The van der Waals surface area contributed by atoms with E-state index >= 15 is 0 Å². The van der Waals surface area contributed by atoms with Crippen molar-refractivity contribution in [2.75, 3.05) is 11.4 Å². The molecule has 0 bridgehead atoms. The number of pyridine rings is 1. The third-order valence-corrected chi connectivity index (χ3v) is 3.71. The number of aromatic nitrogens is 1. The first-order valence-corrected chi connectivity index (χ1v) is 6.70. The zero-order valence-electron chi connectivity index (χ0n) is 10.4. The van der Waals surface area contributed by atoms with Crippen LogP contribution < -0.4 is 4.90 Å². The number of anilines is 2. The highest BCUT2D eigenvalue weighted by Crippen LogP contribution is 2.36. The van der Waals surface area contributed by atoms with Crippen LogP contribution >= 0.6 is 11.6 Å². The van der Waals surface area contributed by atoms with Gasteiger partial charge in [-0.15, -0.1) is 11.6 Å². The summed E-state index contributed by atoms with van der Waals surface area (Å²) in [6.07, 6.45) is 2.98. The van der Waals surface area contributed by atoms with E-state index in [0.29, 0.717) is 5.88 Å². The Morgan fingerprint density at radius 2 is 2.11 bits per heavy atom. The van der Waals surface area contributed by atoms with Crippen LogP contribution in [0.5, 0.6) is 0 Å². The van der Waals surface area contributed by atoms with Gasteiger partial charge in [0.1, 0.15) is 0 Å². The molecule has 2 aromatic rings. The van der Waals surface area contributed by atoms with Crippen LogP contribution in [0.15, 0.2) is 36.5 Å². The number of rotatable bonds is 2. The zero-order valence-corrected chi connectivity index (χ0v) is 11.1. The van der Waals surface area contributed by atoms with E-state index in [1.54, 1.807) is 0 Å². The summed E-state index contributed by atoms with van der Waals surface area (Å²) in [5.74, 6) is 0.501. The van der Waals surface area contributed by atoms with Crippen LogP contribution in [0.4, 0.5) is 11.4 Å². The van der Waals surface area contributed by atoms with E-state index in [2.05, 4.69) is 40.2 Å². The first kappa shape index (κ1) is 11.5. The molecule has 0 N–H and O–H groups in total. The van der Waals surface area contributed by atoms with Gasteiger partial charge >= 0.3 is 0 Å². The van der Waals surface area contributed by atoms with E-state index in [1.165, 1.54) is 16.9 Å². The Morgan fingerprint density at radius 3 is 2.94 bits per heavy atom. The molecule has 1 aromatic heterocycles. The summed E-state index contributed by atoms with van der Waals surface area (Å²) in [6.45, 7) is 3.04. The van der Waals surface area contributed by atoms with E-state index in [1.807, 2.05) is 13.1 Å². The highest BCUT2D eigenvalue weighted by molar-refractivity contribution is 6.17. The van der Waals surface area contributed by atoms with Gasteiger partial charge in [-0.3, -0.25) is 4.98 Å². The van der Waals surface area contributed by atoms with Crippen molar-refractivity contribution in [1.82, 2.24) is 4.98 Å². The number of alkyl halides is 1. The van der Waals surface area contributed by atoms with Crippen molar-refractivity contribution < 1.29 is 0 Å². The van der Waals surface area contributed by atoms with Crippen LogP contribution in [-0.4, -0.2) is 11.5 Å². The van der Waals surface area contributed by atoms with Gasteiger partial charge in [-0.1, -0.05) is 18.2 Å². The van der Waals surface area contributed by atoms with Crippen molar-refractivity contribution in [2.45, 2.75) is 19.2 Å². The van der Waals surface area contributed by atoms with Crippen LogP contribution in [0.1, 0.15) is 16.8 Å². The van der Waals surface area contributed by atoms with Gasteiger partial charge in [-0.25, -0.2) is 0 Å². The molecule has 0 amide bonds. The van der Waals surface area contributed by atoms with Gasteiger partial charge in [0, 0.05) is 35.4 Å². The predicted octanol–water partition coefficient (Wildman–Crippen LogP) is 3.82. The molecular weight excluding hydrogens is 244 g/mol. The zero-order chi connectivity index (χ0) is 12.5. The average Bonchev–Trinajstić information content (AvgIpc) is 2.82. The molecule has 0 radical (unpaired) electrons. The highest BCUT2D eigenvalue weighted by Gasteiger charge is 2.21. The van der Waals surface area contributed by atoms with Gasteiger partial charge in [0.05, 0.1) is 5.88 Å². The molecule has 0 spiro atoms. The molecule has 1 aliphatic heterocycles. The minimum absolute atomic E-state index is 0.501. The van der Waals surface area contributed by atoms with Crippen LogP contribution in [0.3, 0.4) is 0 Å². The van der Waals surface area contributed by atoms with Crippen LogP contribution in [0.25, 0.3) is 0 Å². The Morgan fingerprint density at radius 1 is 1.28 bits per heavy atom. The lowest BCUT2D eigenvalue weighted by Gasteiger charge is -2.22. The molecule has 0 saturated heterocycles. The van der Waals surface area contributed by atoms with Crippen LogP contribution in [0, 0.1) is 6.92 Å². The minimum atomic E-state index is 0.501. The second kappa shape index (κ2) is 4.62. The van der Waals surface area contributed by atoms with Crippen molar-refractivity contribution >= 4 is 23.0 Å². The topological polar surface area (TPSA) is 16.1 Å².